The fraction of sp³-hybridized carbons (Fsp3) is 0.308. The predicted octanol–water partition coefficient (Wildman–Crippen LogP) is 4.92. The number of hydrogen-bond donors (Lipinski definition) is 2. The maximum absolute atomic E-state index is 13.9. The number of ether oxygens (including phenoxy) is 1. The summed E-state index contributed by atoms with van der Waals surface area (Å²) in [6, 6.07) is 17.4. The van der Waals surface area contributed by atoms with Crippen LogP contribution in [0.15, 0.2) is 60.7 Å². The van der Waals surface area contributed by atoms with Gasteiger partial charge in [0.2, 0.25) is 0 Å². The average molecular weight is 451 g/mol. The van der Waals surface area contributed by atoms with E-state index in [9.17, 15) is 14.0 Å². The minimum absolute atomic E-state index is 0.0918. The van der Waals surface area contributed by atoms with Crippen molar-refractivity contribution in [3.8, 4) is 5.75 Å². The van der Waals surface area contributed by atoms with E-state index in [0.717, 1.165) is 10.9 Å². The lowest BCUT2D eigenvalue weighted by Gasteiger charge is -2.33. The summed E-state index contributed by atoms with van der Waals surface area (Å²) in [5, 5.41) is 13.5. The van der Waals surface area contributed by atoms with Crippen LogP contribution in [0.1, 0.15) is 36.9 Å². The standard InChI is InChI=1S/C26H27FN2O4/c1-17(19-5-3-2-4-6-19)28-26(32)29-11-9-22(10-12-29)33-24-14-18(15-25(30)31)13-20-7-8-21(27)16-23(20)24/h2-8,13-14,16-17,22H,9-12,15H2,1H3,(H,28,32)(H,30,31). The topological polar surface area (TPSA) is 78.9 Å². The molecule has 172 valence electrons. The average Bonchev–Trinajstić information content (AvgIpc) is 2.80. The fourth-order valence-electron chi connectivity index (χ4n) is 4.19. The first kappa shape index (κ1) is 22.6. The molecule has 3 aromatic rings. The van der Waals surface area contributed by atoms with E-state index >= 15 is 0 Å². The second-order valence-electron chi connectivity index (χ2n) is 8.42. The molecule has 1 unspecified atom stereocenters. The lowest BCUT2D eigenvalue weighted by molar-refractivity contribution is -0.136. The molecule has 4 rings (SSSR count). The molecule has 0 radical (unpaired) electrons. The highest BCUT2D eigenvalue weighted by Crippen LogP contribution is 2.31. The van der Waals surface area contributed by atoms with Gasteiger partial charge in [-0.3, -0.25) is 4.79 Å². The van der Waals surface area contributed by atoms with E-state index in [2.05, 4.69) is 5.32 Å². The molecule has 7 heteroatoms. The Morgan fingerprint density at radius 1 is 1.12 bits per heavy atom. The number of likely N-dealkylation sites (tertiary alicyclic amines) is 1. The zero-order valence-corrected chi connectivity index (χ0v) is 18.5. The molecular weight excluding hydrogens is 423 g/mol. The maximum Gasteiger partial charge on any atom is 0.317 e. The van der Waals surface area contributed by atoms with Gasteiger partial charge in [0.1, 0.15) is 17.7 Å². The van der Waals surface area contributed by atoms with Crippen LogP contribution in [0.2, 0.25) is 0 Å². The molecule has 33 heavy (non-hydrogen) atoms. The van der Waals surface area contributed by atoms with Gasteiger partial charge < -0.3 is 20.1 Å². The van der Waals surface area contributed by atoms with E-state index < -0.39 is 5.97 Å². The second kappa shape index (κ2) is 9.90. The van der Waals surface area contributed by atoms with E-state index in [1.54, 1.807) is 23.1 Å². The molecule has 1 aliphatic heterocycles. The number of piperidine rings is 1. The summed E-state index contributed by atoms with van der Waals surface area (Å²) in [5.41, 5.74) is 1.65. The summed E-state index contributed by atoms with van der Waals surface area (Å²) in [5.74, 6) is -0.840. The number of urea groups is 1. The van der Waals surface area contributed by atoms with Crippen molar-refractivity contribution in [2.24, 2.45) is 0 Å². The lowest BCUT2D eigenvalue weighted by Crippen LogP contribution is -2.47. The highest BCUT2D eigenvalue weighted by atomic mass is 19.1. The minimum atomic E-state index is -0.938. The van der Waals surface area contributed by atoms with E-state index in [-0.39, 0.29) is 30.4 Å². The van der Waals surface area contributed by atoms with Crippen LogP contribution in [-0.4, -0.2) is 41.2 Å². The number of nitrogens with zero attached hydrogens (tertiary/aromatic N) is 1. The molecule has 2 amide bonds. The molecule has 3 aromatic carbocycles. The van der Waals surface area contributed by atoms with Crippen molar-refractivity contribution in [1.82, 2.24) is 10.2 Å². The Labute approximate surface area is 192 Å². The molecule has 0 aromatic heterocycles. The van der Waals surface area contributed by atoms with Gasteiger partial charge in [-0.15, -0.1) is 0 Å². The Kier molecular flexibility index (Phi) is 6.77. The number of carbonyl (C=O) groups excluding carboxylic acids is 1. The van der Waals surface area contributed by atoms with Crippen LogP contribution in [0, 0.1) is 5.82 Å². The number of carboxylic acids is 1. The molecule has 1 aliphatic rings. The Morgan fingerprint density at radius 3 is 2.55 bits per heavy atom. The van der Waals surface area contributed by atoms with Crippen LogP contribution in [0.3, 0.4) is 0 Å². The molecule has 1 atom stereocenters. The third-order valence-electron chi connectivity index (χ3n) is 5.96. The summed E-state index contributed by atoms with van der Waals surface area (Å²) in [6.45, 7) is 3.04. The van der Waals surface area contributed by atoms with Crippen LogP contribution < -0.4 is 10.1 Å². The molecule has 1 fully saturated rings. The van der Waals surface area contributed by atoms with Crippen molar-refractivity contribution in [3.05, 3.63) is 77.6 Å². The fourth-order valence-corrected chi connectivity index (χ4v) is 4.19. The summed E-state index contributed by atoms with van der Waals surface area (Å²) in [4.78, 5) is 25.6. The van der Waals surface area contributed by atoms with Crippen LogP contribution in [0.5, 0.6) is 5.75 Å². The van der Waals surface area contributed by atoms with Crippen LogP contribution in [-0.2, 0) is 11.2 Å². The number of hydrogen-bond acceptors (Lipinski definition) is 3. The van der Waals surface area contributed by atoms with Gasteiger partial charge in [0.25, 0.3) is 0 Å². The van der Waals surface area contributed by atoms with Gasteiger partial charge in [0, 0.05) is 31.3 Å². The number of carbonyl (C=O) groups is 2. The Hall–Kier alpha value is -3.61. The number of carboxylic acid groups (broad SMARTS) is 1. The highest BCUT2D eigenvalue weighted by Gasteiger charge is 2.25. The first-order valence-corrected chi connectivity index (χ1v) is 11.1. The predicted molar refractivity (Wildman–Crippen MR) is 124 cm³/mol. The molecule has 2 N–H and O–H groups in total. The molecule has 1 heterocycles. The third kappa shape index (κ3) is 5.61. The largest absolute Gasteiger partial charge is 0.490 e. The van der Waals surface area contributed by atoms with Gasteiger partial charge in [-0.25, -0.2) is 9.18 Å². The first-order valence-electron chi connectivity index (χ1n) is 11.1. The first-order chi connectivity index (χ1) is 15.9. The SMILES string of the molecule is CC(NC(=O)N1CCC(Oc2cc(CC(=O)O)cc3ccc(F)cc23)CC1)c1ccccc1. The van der Waals surface area contributed by atoms with Gasteiger partial charge in [-0.2, -0.15) is 0 Å². The summed E-state index contributed by atoms with van der Waals surface area (Å²) in [6.07, 6.45) is 0.981. The molecule has 1 saturated heterocycles. The van der Waals surface area contributed by atoms with E-state index in [1.165, 1.54) is 12.1 Å². The smallest absolute Gasteiger partial charge is 0.317 e. The van der Waals surface area contributed by atoms with Gasteiger partial charge in [-0.1, -0.05) is 42.5 Å². The van der Waals surface area contributed by atoms with Crippen molar-refractivity contribution < 1.29 is 23.8 Å². The molecule has 0 saturated carbocycles. The summed E-state index contributed by atoms with van der Waals surface area (Å²) < 4.78 is 20.1. The molecule has 6 nitrogen and oxygen atoms in total. The number of halogens is 1. The zero-order chi connectivity index (χ0) is 23.4. The number of aliphatic carboxylic acids is 1. The van der Waals surface area contributed by atoms with Gasteiger partial charge in [0.05, 0.1) is 12.5 Å². The Balaban J connectivity index is 1.41. The third-order valence-corrected chi connectivity index (χ3v) is 5.96. The van der Waals surface area contributed by atoms with Crippen molar-refractivity contribution in [1.29, 1.82) is 0 Å². The van der Waals surface area contributed by atoms with Gasteiger partial charge in [0.15, 0.2) is 0 Å². The van der Waals surface area contributed by atoms with E-state index in [0.29, 0.717) is 42.6 Å². The zero-order valence-electron chi connectivity index (χ0n) is 18.5. The number of nitrogens with one attached hydrogen (secondary N) is 1. The molecule has 0 aliphatic carbocycles. The second-order valence-corrected chi connectivity index (χ2v) is 8.42. The quantitative estimate of drug-likeness (QED) is 0.559. The van der Waals surface area contributed by atoms with Crippen molar-refractivity contribution >= 4 is 22.8 Å². The molecule has 0 spiro atoms. The number of rotatable bonds is 6. The normalized spacial score (nSPS) is 15.3. The minimum Gasteiger partial charge on any atom is -0.490 e. The van der Waals surface area contributed by atoms with Crippen molar-refractivity contribution in [2.75, 3.05) is 13.1 Å². The van der Waals surface area contributed by atoms with E-state index in [4.69, 9.17) is 9.84 Å². The van der Waals surface area contributed by atoms with Crippen LogP contribution >= 0.6 is 0 Å². The van der Waals surface area contributed by atoms with Crippen LogP contribution in [0.4, 0.5) is 9.18 Å². The highest BCUT2D eigenvalue weighted by molar-refractivity contribution is 5.90. The summed E-state index contributed by atoms with van der Waals surface area (Å²) >= 11 is 0. The molecular formula is C26H27FN2O4. The maximum atomic E-state index is 13.9. The number of fused-ring (bicyclic) bond motifs is 1. The molecule has 0 bridgehead atoms. The van der Waals surface area contributed by atoms with E-state index in [1.807, 2.05) is 37.3 Å². The van der Waals surface area contributed by atoms with Crippen LogP contribution in [0.25, 0.3) is 10.8 Å². The monoisotopic (exact) mass is 450 g/mol. The summed E-state index contributed by atoms with van der Waals surface area (Å²) in [7, 11) is 0. The lowest BCUT2D eigenvalue weighted by atomic mass is 10.0. The van der Waals surface area contributed by atoms with Gasteiger partial charge >= 0.3 is 12.0 Å². The Morgan fingerprint density at radius 2 is 1.85 bits per heavy atom. The van der Waals surface area contributed by atoms with Crippen molar-refractivity contribution in [3.63, 3.8) is 0 Å². The van der Waals surface area contributed by atoms with Crippen molar-refractivity contribution in [2.45, 2.75) is 38.3 Å². The number of benzene rings is 3. The number of amides is 2. The Bertz CT molecular complexity index is 1140. The van der Waals surface area contributed by atoms with Gasteiger partial charge in [-0.05, 0) is 41.6 Å².